The van der Waals surface area contributed by atoms with Crippen molar-refractivity contribution in [2.45, 2.75) is 32.6 Å². The highest BCUT2D eigenvalue weighted by Gasteiger charge is 2.15. The van der Waals surface area contributed by atoms with E-state index in [0.29, 0.717) is 5.92 Å². The second-order valence-corrected chi connectivity index (χ2v) is 5.27. The first-order valence-corrected chi connectivity index (χ1v) is 6.86. The molecule has 1 aliphatic heterocycles. The fourth-order valence-corrected chi connectivity index (χ4v) is 2.35. The minimum absolute atomic E-state index is 0.0176. The topological polar surface area (TPSA) is 20.3 Å². The summed E-state index contributed by atoms with van der Waals surface area (Å²) >= 11 is 0. The van der Waals surface area contributed by atoms with Crippen LogP contribution < -0.4 is 0 Å². The van der Waals surface area contributed by atoms with Crippen molar-refractivity contribution in [2.75, 3.05) is 6.54 Å². The van der Waals surface area contributed by atoms with Gasteiger partial charge in [0, 0.05) is 12.7 Å². The number of hydrogen-bond acceptors (Lipinski definition) is 1. The summed E-state index contributed by atoms with van der Waals surface area (Å²) in [5, 5.41) is 0. The van der Waals surface area contributed by atoms with Crippen molar-refractivity contribution in [3.63, 3.8) is 0 Å². The van der Waals surface area contributed by atoms with E-state index in [1.807, 2.05) is 6.20 Å². The molecule has 0 bridgehead atoms. The number of nitrogens with zero attached hydrogens (tertiary/aromatic N) is 1. The monoisotopic (exact) mass is 255 g/mol. The van der Waals surface area contributed by atoms with Crippen molar-refractivity contribution in [1.82, 2.24) is 4.90 Å². The first-order chi connectivity index (χ1) is 9.11. The Balaban J connectivity index is 2.23. The van der Waals surface area contributed by atoms with Gasteiger partial charge in [-0.1, -0.05) is 44.7 Å². The Labute approximate surface area is 115 Å². The smallest absolute Gasteiger partial charge is 0.249 e. The van der Waals surface area contributed by atoms with Crippen molar-refractivity contribution in [1.29, 1.82) is 0 Å². The van der Waals surface area contributed by atoms with Gasteiger partial charge in [0.25, 0.3) is 0 Å². The second kappa shape index (κ2) is 5.87. The lowest BCUT2D eigenvalue weighted by atomic mass is 9.95. The molecule has 100 valence electrons. The number of hydrogen-bond donors (Lipinski definition) is 0. The maximum atomic E-state index is 11.7. The quantitative estimate of drug-likeness (QED) is 0.749. The highest BCUT2D eigenvalue weighted by molar-refractivity contribution is 5.89. The Morgan fingerprint density at radius 2 is 2.00 bits per heavy atom. The Hall–Kier alpha value is -1.83. The van der Waals surface area contributed by atoms with Gasteiger partial charge in [0.05, 0.1) is 0 Å². The molecule has 0 atom stereocenters. The van der Waals surface area contributed by atoms with E-state index in [4.69, 9.17) is 0 Å². The van der Waals surface area contributed by atoms with Crippen LogP contribution in [-0.2, 0) is 4.79 Å². The zero-order valence-corrected chi connectivity index (χ0v) is 11.7. The fraction of sp³-hybridized carbons (Fsp3) is 0.353. The van der Waals surface area contributed by atoms with E-state index in [9.17, 15) is 4.79 Å². The summed E-state index contributed by atoms with van der Waals surface area (Å²) in [5.74, 6) is 0.532. The molecule has 2 nitrogen and oxygen atoms in total. The van der Waals surface area contributed by atoms with Crippen molar-refractivity contribution in [2.24, 2.45) is 0 Å². The number of benzene rings is 1. The zero-order chi connectivity index (χ0) is 13.8. The minimum atomic E-state index is -0.0176. The molecule has 0 aliphatic carbocycles. The van der Waals surface area contributed by atoms with Crippen LogP contribution in [0.2, 0.25) is 0 Å². The van der Waals surface area contributed by atoms with Crippen LogP contribution in [0.25, 0.3) is 5.57 Å². The third-order valence-electron chi connectivity index (χ3n) is 3.56. The lowest BCUT2D eigenvalue weighted by Gasteiger charge is -2.24. The number of carbonyl (C=O) groups is 1. The Bertz CT molecular complexity index is 496. The van der Waals surface area contributed by atoms with Crippen molar-refractivity contribution in [3.05, 3.63) is 54.2 Å². The second-order valence-electron chi connectivity index (χ2n) is 5.27. The molecule has 0 N–H and O–H groups in total. The highest BCUT2D eigenvalue weighted by atomic mass is 16.2. The van der Waals surface area contributed by atoms with E-state index < -0.39 is 0 Å². The summed E-state index contributed by atoms with van der Waals surface area (Å²) < 4.78 is 0. The maximum Gasteiger partial charge on any atom is 0.249 e. The number of allylic oxidation sites excluding steroid dienone is 1. The van der Waals surface area contributed by atoms with Crippen LogP contribution in [0.4, 0.5) is 0 Å². The lowest BCUT2D eigenvalue weighted by Crippen LogP contribution is -2.27. The largest absolute Gasteiger partial charge is 0.315 e. The molecule has 2 heteroatoms. The molecule has 1 amide bonds. The van der Waals surface area contributed by atoms with Gasteiger partial charge in [-0.3, -0.25) is 4.79 Å². The summed E-state index contributed by atoms with van der Waals surface area (Å²) in [6.07, 6.45) is 5.39. The fourth-order valence-electron chi connectivity index (χ4n) is 2.35. The van der Waals surface area contributed by atoms with E-state index in [-0.39, 0.29) is 5.91 Å². The van der Waals surface area contributed by atoms with E-state index in [1.54, 1.807) is 4.90 Å². The van der Waals surface area contributed by atoms with Gasteiger partial charge in [-0.25, -0.2) is 0 Å². The van der Waals surface area contributed by atoms with Crippen LogP contribution in [0.15, 0.2) is 43.1 Å². The zero-order valence-electron chi connectivity index (χ0n) is 11.7. The van der Waals surface area contributed by atoms with E-state index >= 15 is 0 Å². The predicted molar refractivity (Wildman–Crippen MR) is 79.7 cm³/mol. The van der Waals surface area contributed by atoms with Gasteiger partial charge >= 0.3 is 0 Å². The third kappa shape index (κ3) is 3.14. The number of carbonyl (C=O) groups excluding carboxylic acids is 1. The predicted octanol–water partition coefficient (Wildman–Crippen LogP) is 3.96. The van der Waals surface area contributed by atoms with E-state index in [0.717, 1.165) is 19.4 Å². The molecule has 19 heavy (non-hydrogen) atoms. The molecule has 1 heterocycles. The Morgan fingerprint density at radius 3 is 2.58 bits per heavy atom. The molecular weight excluding hydrogens is 234 g/mol. The van der Waals surface area contributed by atoms with Gasteiger partial charge < -0.3 is 4.90 Å². The molecule has 1 aromatic carbocycles. The Kier molecular flexibility index (Phi) is 4.20. The van der Waals surface area contributed by atoms with Gasteiger partial charge in [-0.05, 0) is 41.5 Å². The molecule has 0 unspecified atom stereocenters. The summed E-state index contributed by atoms with van der Waals surface area (Å²) in [4.78, 5) is 13.4. The first-order valence-electron chi connectivity index (χ1n) is 6.86. The summed E-state index contributed by atoms with van der Waals surface area (Å²) in [7, 11) is 0. The van der Waals surface area contributed by atoms with Crippen molar-refractivity contribution < 1.29 is 4.79 Å². The summed E-state index contributed by atoms with van der Waals surface area (Å²) in [6.45, 7) is 8.72. The average molecular weight is 255 g/mol. The SMILES string of the molecule is C=CC(=O)N1C=C(c2ccc(C(C)C)cc2)CCC1. The van der Waals surface area contributed by atoms with Gasteiger partial charge in [0.1, 0.15) is 0 Å². The minimum Gasteiger partial charge on any atom is -0.315 e. The van der Waals surface area contributed by atoms with E-state index in [2.05, 4.69) is 44.7 Å². The van der Waals surface area contributed by atoms with Crippen molar-refractivity contribution in [3.8, 4) is 0 Å². The Morgan fingerprint density at radius 1 is 1.32 bits per heavy atom. The third-order valence-corrected chi connectivity index (χ3v) is 3.56. The average Bonchev–Trinajstić information content (AvgIpc) is 2.46. The van der Waals surface area contributed by atoms with Gasteiger partial charge in [0.15, 0.2) is 0 Å². The highest BCUT2D eigenvalue weighted by Crippen LogP contribution is 2.26. The van der Waals surface area contributed by atoms with E-state index in [1.165, 1.54) is 22.8 Å². The molecule has 0 radical (unpaired) electrons. The first kappa shape index (κ1) is 13.6. The molecule has 0 fully saturated rings. The lowest BCUT2D eigenvalue weighted by molar-refractivity contribution is -0.123. The van der Waals surface area contributed by atoms with Gasteiger partial charge in [-0.2, -0.15) is 0 Å². The number of amides is 1. The van der Waals surface area contributed by atoms with Crippen molar-refractivity contribution >= 4 is 11.5 Å². The van der Waals surface area contributed by atoms with Crippen LogP contribution in [0.1, 0.15) is 43.7 Å². The molecule has 0 aromatic heterocycles. The summed E-state index contributed by atoms with van der Waals surface area (Å²) in [5.41, 5.74) is 3.79. The molecule has 0 spiro atoms. The maximum absolute atomic E-state index is 11.7. The standard InChI is InChI=1S/C17H21NO/c1-4-17(19)18-11-5-6-16(12-18)15-9-7-14(8-10-15)13(2)3/h4,7-10,12-13H,1,5-6,11H2,2-3H3. The molecule has 2 rings (SSSR count). The normalized spacial score (nSPS) is 15.3. The van der Waals surface area contributed by atoms with Gasteiger partial charge in [0.2, 0.25) is 5.91 Å². The molecule has 0 saturated carbocycles. The van der Waals surface area contributed by atoms with Gasteiger partial charge in [-0.15, -0.1) is 0 Å². The molecule has 0 saturated heterocycles. The molecular formula is C17H21NO. The van der Waals surface area contributed by atoms with Crippen LogP contribution in [-0.4, -0.2) is 17.4 Å². The van der Waals surface area contributed by atoms with Crippen LogP contribution in [0, 0.1) is 0 Å². The molecule has 1 aliphatic rings. The van der Waals surface area contributed by atoms with Crippen LogP contribution in [0.5, 0.6) is 0 Å². The summed E-state index contributed by atoms with van der Waals surface area (Å²) in [6, 6.07) is 8.66. The van der Waals surface area contributed by atoms with Crippen LogP contribution >= 0.6 is 0 Å². The van der Waals surface area contributed by atoms with Crippen LogP contribution in [0.3, 0.4) is 0 Å². The number of rotatable bonds is 3. The molecule has 1 aromatic rings.